The number of ether oxygens (including phenoxy) is 1. The van der Waals surface area contributed by atoms with Crippen molar-refractivity contribution >= 4 is 15.9 Å². The largest absolute Gasteiger partial charge is 0.489 e. The summed E-state index contributed by atoms with van der Waals surface area (Å²) in [4.78, 5) is 0. The fourth-order valence-corrected chi connectivity index (χ4v) is 3.35. The Balaban J connectivity index is 2.15. The minimum Gasteiger partial charge on any atom is -0.489 e. The molecule has 24 heavy (non-hydrogen) atoms. The summed E-state index contributed by atoms with van der Waals surface area (Å²) >= 11 is 3.80. The Labute approximate surface area is 158 Å². The van der Waals surface area contributed by atoms with Crippen LogP contribution in [0.4, 0.5) is 0 Å². The molecule has 1 atom stereocenters. The minimum atomic E-state index is 0.00210. The monoisotopic (exact) mass is 396 g/mol. The van der Waals surface area contributed by atoms with E-state index < -0.39 is 0 Å². The predicted octanol–water partition coefficient (Wildman–Crippen LogP) is 7.92. The van der Waals surface area contributed by atoms with E-state index in [2.05, 4.69) is 36.7 Å². The van der Waals surface area contributed by atoms with Gasteiger partial charge in [-0.2, -0.15) is 0 Å². The first-order chi connectivity index (χ1) is 11.5. The van der Waals surface area contributed by atoms with Gasteiger partial charge in [-0.1, -0.05) is 98.8 Å². The molecule has 0 aliphatic heterocycles. The Morgan fingerprint density at radius 1 is 0.833 bits per heavy atom. The number of unbranched alkanes of at least 4 members (excludes halogenated alkanes) is 9. The molecule has 138 valence electrons. The van der Waals surface area contributed by atoms with Gasteiger partial charge in [0.2, 0.25) is 0 Å². The fraction of sp³-hybridized carbons (Fsp3) is 0.727. The van der Waals surface area contributed by atoms with Crippen molar-refractivity contribution in [2.45, 2.75) is 102 Å². The molecule has 0 aromatic heterocycles. The molecule has 0 N–H and O–H groups in total. The molecule has 0 aliphatic rings. The van der Waals surface area contributed by atoms with E-state index in [1.807, 2.05) is 30.3 Å². The molecule has 0 amide bonds. The highest BCUT2D eigenvalue weighted by molar-refractivity contribution is 9.10. The maximum absolute atomic E-state index is 6.21. The van der Waals surface area contributed by atoms with Crippen molar-refractivity contribution in [3.8, 4) is 5.75 Å². The standard InChI is InChI=1S/C22H37BrO/c1-4-5-6-7-8-9-10-11-12-16-19-21(22(2,3)23)24-20-17-14-13-15-18-20/h13-15,17-18,21H,4-12,16,19H2,1-3H3. The average Bonchev–Trinajstić information content (AvgIpc) is 2.55. The molecule has 0 spiro atoms. The Morgan fingerprint density at radius 3 is 1.83 bits per heavy atom. The lowest BCUT2D eigenvalue weighted by Gasteiger charge is -2.29. The third-order valence-corrected chi connectivity index (χ3v) is 5.12. The second kappa shape index (κ2) is 12.8. The number of alkyl halides is 1. The molecule has 0 heterocycles. The zero-order chi connectivity index (χ0) is 17.7. The molecule has 1 rings (SSSR count). The van der Waals surface area contributed by atoms with Crippen LogP contribution in [0.3, 0.4) is 0 Å². The molecule has 0 saturated heterocycles. The Bertz CT molecular complexity index is 396. The lowest BCUT2D eigenvalue weighted by atomic mass is 9.99. The Morgan fingerprint density at radius 2 is 1.33 bits per heavy atom. The third kappa shape index (κ3) is 10.4. The molecular formula is C22H37BrO. The summed E-state index contributed by atoms with van der Waals surface area (Å²) in [7, 11) is 0. The lowest BCUT2D eigenvalue weighted by molar-refractivity contribution is 0.157. The van der Waals surface area contributed by atoms with Gasteiger partial charge < -0.3 is 4.74 Å². The van der Waals surface area contributed by atoms with Crippen molar-refractivity contribution in [2.24, 2.45) is 0 Å². The van der Waals surface area contributed by atoms with E-state index in [4.69, 9.17) is 4.74 Å². The first-order valence-corrected chi connectivity index (χ1v) is 10.7. The van der Waals surface area contributed by atoms with Crippen molar-refractivity contribution in [3.63, 3.8) is 0 Å². The van der Waals surface area contributed by atoms with E-state index in [9.17, 15) is 0 Å². The highest BCUT2D eigenvalue weighted by atomic mass is 79.9. The van der Waals surface area contributed by atoms with Gasteiger partial charge in [0.25, 0.3) is 0 Å². The summed E-state index contributed by atoms with van der Waals surface area (Å²) in [6.45, 7) is 6.69. The van der Waals surface area contributed by atoms with Crippen LogP contribution in [0.2, 0.25) is 0 Å². The molecule has 0 saturated carbocycles. The SMILES string of the molecule is CCCCCCCCCCCCC(Oc1ccccc1)C(C)(C)Br. The van der Waals surface area contributed by atoms with Crippen molar-refractivity contribution in [3.05, 3.63) is 30.3 Å². The molecule has 1 unspecified atom stereocenters. The first kappa shape index (κ1) is 21.5. The summed E-state index contributed by atoms with van der Waals surface area (Å²) < 4.78 is 6.22. The van der Waals surface area contributed by atoms with Gasteiger partial charge in [-0.25, -0.2) is 0 Å². The maximum atomic E-state index is 6.21. The number of hydrogen-bond acceptors (Lipinski definition) is 1. The van der Waals surface area contributed by atoms with Crippen LogP contribution >= 0.6 is 15.9 Å². The summed E-state index contributed by atoms with van der Waals surface area (Å²) in [5, 5.41) is 0. The first-order valence-electron chi connectivity index (χ1n) is 9.94. The number of rotatable bonds is 14. The quantitative estimate of drug-likeness (QED) is 0.229. The van der Waals surface area contributed by atoms with Gasteiger partial charge in [0.05, 0.1) is 4.32 Å². The van der Waals surface area contributed by atoms with Crippen molar-refractivity contribution in [1.29, 1.82) is 0 Å². The molecule has 1 aromatic rings. The van der Waals surface area contributed by atoms with Crippen molar-refractivity contribution in [1.82, 2.24) is 0 Å². The van der Waals surface area contributed by atoms with Gasteiger partial charge in [-0.15, -0.1) is 0 Å². The molecule has 0 bridgehead atoms. The number of halogens is 1. The number of para-hydroxylation sites is 1. The molecule has 0 radical (unpaired) electrons. The van der Waals surface area contributed by atoms with Gasteiger partial charge in [0, 0.05) is 0 Å². The van der Waals surface area contributed by atoms with E-state index in [1.54, 1.807) is 0 Å². The molecule has 1 aromatic carbocycles. The second-order valence-corrected chi connectivity index (χ2v) is 9.50. The van der Waals surface area contributed by atoms with Crippen LogP contribution in [0.15, 0.2) is 30.3 Å². The van der Waals surface area contributed by atoms with E-state index >= 15 is 0 Å². The lowest BCUT2D eigenvalue weighted by Crippen LogP contribution is -2.35. The third-order valence-electron chi connectivity index (χ3n) is 4.61. The van der Waals surface area contributed by atoms with Gasteiger partial charge in [-0.05, 0) is 38.8 Å². The fourth-order valence-electron chi connectivity index (χ4n) is 3.02. The molecule has 0 fully saturated rings. The highest BCUT2D eigenvalue weighted by Gasteiger charge is 2.27. The van der Waals surface area contributed by atoms with Crippen molar-refractivity contribution < 1.29 is 4.74 Å². The van der Waals surface area contributed by atoms with E-state index in [1.165, 1.54) is 64.2 Å². The van der Waals surface area contributed by atoms with Crippen LogP contribution in [0.25, 0.3) is 0 Å². The van der Waals surface area contributed by atoms with Crippen LogP contribution in [-0.4, -0.2) is 10.4 Å². The van der Waals surface area contributed by atoms with Crippen molar-refractivity contribution in [2.75, 3.05) is 0 Å². The average molecular weight is 397 g/mol. The molecular weight excluding hydrogens is 360 g/mol. The van der Waals surface area contributed by atoms with Gasteiger partial charge in [0.15, 0.2) is 0 Å². The summed E-state index contributed by atoms with van der Waals surface area (Å²) in [5.74, 6) is 0.974. The molecule has 0 aliphatic carbocycles. The molecule has 2 heteroatoms. The number of hydrogen-bond donors (Lipinski definition) is 0. The zero-order valence-corrected chi connectivity index (χ0v) is 17.6. The normalized spacial score (nSPS) is 13.0. The summed E-state index contributed by atoms with van der Waals surface area (Å²) in [6, 6.07) is 10.2. The van der Waals surface area contributed by atoms with E-state index in [-0.39, 0.29) is 10.4 Å². The van der Waals surface area contributed by atoms with Gasteiger partial charge in [-0.3, -0.25) is 0 Å². The van der Waals surface area contributed by atoms with Crippen LogP contribution < -0.4 is 4.74 Å². The van der Waals surface area contributed by atoms with Crippen LogP contribution in [0.1, 0.15) is 91.4 Å². The summed E-state index contributed by atoms with van der Waals surface area (Å²) in [6.07, 6.45) is 15.1. The number of benzene rings is 1. The molecule has 1 nitrogen and oxygen atoms in total. The van der Waals surface area contributed by atoms with Crippen LogP contribution in [0, 0.1) is 0 Å². The minimum absolute atomic E-state index is 0.00210. The van der Waals surface area contributed by atoms with Gasteiger partial charge in [0.1, 0.15) is 11.9 Å². The predicted molar refractivity (Wildman–Crippen MR) is 110 cm³/mol. The zero-order valence-electron chi connectivity index (χ0n) is 16.0. The smallest absolute Gasteiger partial charge is 0.119 e. The Kier molecular flexibility index (Phi) is 11.5. The van der Waals surface area contributed by atoms with Crippen LogP contribution in [-0.2, 0) is 0 Å². The van der Waals surface area contributed by atoms with Crippen LogP contribution in [0.5, 0.6) is 5.75 Å². The van der Waals surface area contributed by atoms with E-state index in [0.29, 0.717) is 0 Å². The van der Waals surface area contributed by atoms with Gasteiger partial charge >= 0.3 is 0 Å². The Hall–Kier alpha value is -0.500. The maximum Gasteiger partial charge on any atom is 0.119 e. The van der Waals surface area contributed by atoms with E-state index in [0.717, 1.165) is 12.2 Å². The topological polar surface area (TPSA) is 9.23 Å². The highest BCUT2D eigenvalue weighted by Crippen LogP contribution is 2.29. The second-order valence-electron chi connectivity index (χ2n) is 7.45. The summed E-state index contributed by atoms with van der Waals surface area (Å²) in [5.41, 5.74) is 0.